The molecule has 1 N–H and O–H groups in total. The van der Waals surface area contributed by atoms with Crippen LogP contribution in [0.2, 0.25) is 10.0 Å². The topological polar surface area (TPSA) is 75.4 Å². The van der Waals surface area contributed by atoms with Gasteiger partial charge in [-0.2, -0.15) is 0 Å². The highest BCUT2D eigenvalue weighted by molar-refractivity contribution is 6.39. The molecule has 8 heteroatoms. The Labute approximate surface area is 130 Å². The molecule has 1 aromatic heterocycles. The molecule has 2 rings (SSSR count). The average Bonchev–Trinajstić information content (AvgIpc) is 2.93. The van der Waals surface area contributed by atoms with Crippen molar-refractivity contribution >= 4 is 35.1 Å². The van der Waals surface area contributed by atoms with Gasteiger partial charge in [-0.05, 0) is 12.1 Å². The molecule has 0 aliphatic heterocycles. The average molecular weight is 328 g/mol. The van der Waals surface area contributed by atoms with Crippen LogP contribution in [-0.2, 0) is 0 Å². The first-order chi connectivity index (χ1) is 9.97. The van der Waals surface area contributed by atoms with Crippen LogP contribution < -0.4 is 5.32 Å². The molecule has 0 saturated heterocycles. The van der Waals surface area contributed by atoms with E-state index in [0.717, 1.165) is 11.2 Å². The van der Waals surface area contributed by atoms with E-state index in [1.165, 1.54) is 14.1 Å². The first-order valence-electron chi connectivity index (χ1n) is 5.86. The minimum atomic E-state index is -0.582. The van der Waals surface area contributed by atoms with Crippen molar-refractivity contribution in [2.75, 3.05) is 14.1 Å². The maximum Gasteiger partial charge on any atom is 0.323 e. The summed E-state index contributed by atoms with van der Waals surface area (Å²) in [6.07, 6.45) is 1.15. The van der Waals surface area contributed by atoms with Crippen LogP contribution in [0.4, 0.5) is 4.79 Å². The van der Waals surface area contributed by atoms with Crippen LogP contribution in [0.1, 0.15) is 10.4 Å². The van der Waals surface area contributed by atoms with Crippen LogP contribution in [0.3, 0.4) is 0 Å². The van der Waals surface area contributed by atoms with Gasteiger partial charge in [-0.3, -0.25) is 9.69 Å². The third-order valence-corrected chi connectivity index (χ3v) is 3.45. The van der Waals surface area contributed by atoms with Crippen LogP contribution in [0, 0.1) is 0 Å². The molecule has 0 fully saturated rings. The third kappa shape index (κ3) is 2.86. The van der Waals surface area contributed by atoms with E-state index in [0.29, 0.717) is 15.6 Å². The maximum atomic E-state index is 12.3. The molecule has 21 heavy (non-hydrogen) atoms. The number of hydrogen-bond acceptors (Lipinski definition) is 4. The van der Waals surface area contributed by atoms with Gasteiger partial charge in [0.2, 0.25) is 0 Å². The van der Waals surface area contributed by atoms with Crippen LogP contribution >= 0.6 is 23.2 Å². The zero-order valence-corrected chi connectivity index (χ0v) is 12.7. The molecule has 0 atom stereocenters. The quantitative estimate of drug-likeness (QED) is 0.919. The maximum absolute atomic E-state index is 12.3. The number of benzene rings is 1. The highest BCUT2D eigenvalue weighted by atomic mass is 35.5. The normalized spacial score (nSPS) is 10.3. The Morgan fingerprint density at radius 1 is 1.29 bits per heavy atom. The molecule has 0 bridgehead atoms. The minimum Gasteiger partial charge on any atom is -0.363 e. The molecule has 0 saturated carbocycles. The van der Waals surface area contributed by atoms with Crippen LogP contribution in [0.25, 0.3) is 11.3 Å². The van der Waals surface area contributed by atoms with Crippen molar-refractivity contribution in [1.29, 1.82) is 0 Å². The number of rotatable bonds is 2. The van der Waals surface area contributed by atoms with E-state index < -0.39 is 11.9 Å². The molecule has 6 nitrogen and oxygen atoms in total. The first kappa shape index (κ1) is 15.3. The number of amides is 3. The second kappa shape index (κ2) is 6.15. The summed E-state index contributed by atoms with van der Waals surface area (Å²) >= 11 is 12.2. The van der Waals surface area contributed by atoms with Gasteiger partial charge < -0.3 is 9.84 Å². The summed E-state index contributed by atoms with van der Waals surface area (Å²) in [5, 5.41) is 6.78. The Bertz CT molecular complexity index is 679. The number of carbonyl (C=O) groups is 2. The number of nitrogens with one attached hydrogen (secondary N) is 1. The summed E-state index contributed by atoms with van der Waals surface area (Å²) in [5.74, 6) is -0.582. The molecule has 1 aromatic carbocycles. The number of imide groups is 1. The van der Waals surface area contributed by atoms with E-state index in [1.807, 2.05) is 0 Å². The lowest BCUT2D eigenvalue weighted by molar-refractivity contribution is 0.0832. The summed E-state index contributed by atoms with van der Waals surface area (Å²) in [4.78, 5) is 24.7. The Hall–Kier alpha value is -2.05. The first-order valence-corrected chi connectivity index (χ1v) is 6.61. The van der Waals surface area contributed by atoms with E-state index >= 15 is 0 Å². The van der Waals surface area contributed by atoms with Crippen LogP contribution in [0.5, 0.6) is 0 Å². The SMILES string of the molecule is CNC(=O)N(C)C(=O)c1conc1-c1c(Cl)cccc1Cl. The van der Waals surface area contributed by atoms with Gasteiger partial charge in [0.25, 0.3) is 5.91 Å². The lowest BCUT2D eigenvalue weighted by Crippen LogP contribution is -2.39. The fourth-order valence-corrected chi connectivity index (χ4v) is 2.31. The van der Waals surface area contributed by atoms with Crippen LogP contribution in [0.15, 0.2) is 29.0 Å². The Balaban J connectivity index is 2.49. The number of hydrogen-bond donors (Lipinski definition) is 1. The Kier molecular flexibility index (Phi) is 4.50. The second-order valence-corrected chi connectivity index (χ2v) is 4.91. The van der Waals surface area contributed by atoms with E-state index in [-0.39, 0.29) is 11.3 Å². The van der Waals surface area contributed by atoms with Crippen molar-refractivity contribution in [3.63, 3.8) is 0 Å². The fourth-order valence-electron chi connectivity index (χ4n) is 1.73. The molecule has 110 valence electrons. The molecular weight excluding hydrogens is 317 g/mol. The van der Waals surface area contributed by atoms with Gasteiger partial charge in [0.1, 0.15) is 17.5 Å². The highest BCUT2D eigenvalue weighted by Crippen LogP contribution is 2.35. The van der Waals surface area contributed by atoms with Crippen LogP contribution in [-0.4, -0.2) is 36.1 Å². The summed E-state index contributed by atoms with van der Waals surface area (Å²) in [6.45, 7) is 0. The van der Waals surface area contributed by atoms with E-state index in [2.05, 4.69) is 10.5 Å². The van der Waals surface area contributed by atoms with Crippen molar-refractivity contribution in [2.45, 2.75) is 0 Å². The number of aromatic nitrogens is 1. The summed E-state index contributed by atoms with van der Waals surface area (Å²) in [7, 11) is 2.76. The second-order valence-electron chi connectivity index (χ2n) is 4.09. The molecule has 0 unspecified atom stereocenters. The number of carbonyl (C=O) groups excluding carboxylic acids is 2. The summed E-state index contributed by atoms with van der Waals surface area (Å²) < 4.78 is 4.85. The lowest BCUT2D eigenvalue weighted by Gasteiger charge is -2.14. The molecular formula is C13H11Cl2N3O3. The fraction of sp³-hybridized carbons (Fsp3) is 0.154. The van der Waals surface area contributed by atoms with Gasteiger partial charge in [-0.25, -0.2) is 4.79 Å². The van der Waals surface area contributed by atoms with E-state index in [9.17, 15) is 9.59 Å². The van der Waals surface area contributed by atoms with E-state index in [1.54, 1.807) is 18.2 Å². The van der Waals surface area contributed by atoms with Crippen molar-refractivity contribution < 1.29 is 14.1 Å². The minimum absolute atomic E-state index is 0.0936. The zero-order valence-electron chi connectivity index (χ0n) is 11.2. The molecule has 0 radical (unpaired) electrons. The molecule has 2 aromatic rings. The van der Waals surface area contributed by atoms with Crippen molar-refractivity contribution in [3.05, 3.63) is 40.1 Å². The van der Waals surface area contributed by atoms with Gasteiger partial charge in [0.15, 0.2) is 0 Å². The lowest BCUT2D eigenvalue weighted by atomic mass is 10.1. The van der Waals surface area contributed by atoms with Gasteiger partial charge in [0, 0.05) is 19.7 Å². The van der Waals surface area contributed by atoms with E-state index in [4.69, 9.17) is 27.7 Å². The summed E-state index contributed by atoms with van der Waals surface area (Å²) in [6, 6.07) is 4.35. The largest absolute Gasteiger partial charge is 0.363 e. The predicted octanol–water partition coefficient (Wildman–Crippen LogP) is 3.06. The number of urea groups is 1. The van der Waals surface area contributed by atoms with Gasteiger partial charge in [0.05, 0.1) is 10.0 Å². The molecule has 0 aliphatic carbocycles. The van der Waals surface area contributed by atoms with Gasteiger partial charge in [-0.1, -0.05) is 34.4 Å². The smallest absolute Gasteiger partial charge is 0.323 e. The Morgan fingerprint density at radius 3 is 2.48 bits per heavy atom. The van der Waals surface area contributed by atoms with Crippen molar-refractivity contribution in [1.82, 2.24) is 15.4 Å². The number of halogens is 2. The molecule has 0 aliphatic rings. The zero-order chi connectivity index (χ0) is 15.6. The Morgan fingerprint density at radius 2 is 1.90 bits per heavy atom. The monoisotopic (exact) mass is 327 g/mol. The van der Waals surface area contributed by atoms with Crippen molar-refractivity contribution in [3.8, 4) is 11.3 Å². The third-order valence-electron chi connectivity index (χ3n) is 2.82. The molecule has 0 spiro atoms. The highest BCUT2D eigenvalue weighted by Gasteiger charge is 2.26. The molecule has 3 amide bonds. The van der Waals surface area contributed by atoms with Gasteiger partial charge >= 0.3 is 6.03 Å². The summed E-state index contributed by atoms with van der Waals surface area (Å²) in [5.41, 5.74) is 0.658. The molecule has 1 heterocycles. The van der Waals surface area contributed by atoms with Crippen molar-refractivity contribution in [2.24, 2.45) is 0 Å². The number of nitrogens with zero attached hydrogens (tertiary/aromatic N) is 2. The predicted molar refractivity (Wildman–Crippen MR) is 78.5 cm³/mol. The standard InChI is InChI=1S/C13H11Cl2N3O3/c1-16-13(20)18(2)12(19)7-6-21-17-11(7)10-8(14)4-3-5-9(10)15/h3-6H,1-2H3,(H,16,20). The van der Waals surface area contributed by atoms with Gasteiger partial charge in [-0.15, -0.1) is 0 Å².